The minimum Gasteiger partial charge on any atom is -0.466 e. The Labute approximate surface area is 93.0 Å². The first-order chi connectivity index (χ1) is 7.31. The molecule has 0 bridgehead atoms. The Morgan fingerprint density at radius 2 is 1.80 bits per heavy atom. The quantitative estimate of drug-likeness (QED) is 0.347. The van der Waals surface area contributed by atoms with Crippen LogP contribution in [0, 0.1) is 0 Å². The molecule has 15 heavy (non-hydrogen) atoms. The first-order valence-corrected chi connectivity index (χ1v) is 5.78. The van der Waals surface area contributed by atoms with E-state index in [4.69, 9.17) is 4.74 Å². The van der Waals surface area contributed by atoms with Gasteiger partial charge in [-0.25, -0.2) is 0 Å². The average Bonchev–Trinajstić information content (AvgIpc) is 2.22. The second kappa shape index (κ2) is 11.0. The molecular weight excluding hydrogens is 188 g/mol. The summed E-state index contributed by atoms with van der Waals surface area (Å²) in [5, 5.41) is 0. The van der Waals surface area contributed by atoms with E-state index in [0.717, 1.165) is 19.3 Å². The maximum Gasteiger partial charge on any atom is 0.305 e. The summed E-state index contributed by atoms with van der Waals surface area (Å²) >= 11 is 0. The standard InChI is InChI=1S/C13H22O2/c1-3-5-6-7-8-9-10-11-12-13(14)15-4-2/h6-9H,3-5,10-12H2,1-2H3/b7-6+,9-8+. The number of unbranched alkanes of at least 4 members (excludes halogenated alkanes) is 2. The summed E-state index contributed by atoms with van der Waals surface area (Å²) < 4.78 is 4.82. The van der Waals surface area contributed by atoms with E-state index in [1.807, 2.05) is 13.0 Å². The highest BCUT2D eigenvalue weighted by Gasteiger charge is 1.98. The summed E-state index contributed by atoms with van der Waals surface area (Å²) in [7, 11) is 0. The fourth-order valence-electron chi connectivity index (χ4n) is 1.11. The van der Waals surface area contributed by atoms with E-state index in [0.29, 0.717) is 13.0 Å². The molecule has 0 rings (SSSR count). The molecule has 0 N–H and O–H groups in total. The minimum atomic E-state index is -0.0903. The molecule has 0 amide bonds. The van der Waals surface area contributed by atoms with Gasteiger partial charge in [0.2, 0.25) is 0 Å². The normalized spacial score (nSPS) is 11.3. The van der Waals surface area contributed by atoms with Gasteiger partial charge in [0.1, 0.15) is 0 Å². The van der Waals surface area contributed by atoms with Gasteiger partial charge < -0.3 is 4.74 Å². The third-order valence-electron chi connectivity index (χ3n) is 1.90. The first kappa shape index (κ1) is 13.9. The van der Waals surface area contributed by atoms with Crippen molar-refractivity contribution in [2.75, 3.05) is 6.61 Å². The molecule has 0 atom stereocenters. The highest BCUT2D eigenvalue weighted by atomic mass is 16.5. The zero-order chi connectivity index (χ0) is 11.4. The van der Waals surface area contributed by atoms with Crippen molar-refractivity contribution in [3.63, 3.8) is 0 Å². The van der Waals surface area contributed by atoms with Crippen LogP contribution in [0.5, 0.6) is 0 Å². The van der Waals surface area contributed by atoms with E-state index in [2.05, 4.69) is 25.2 Å². The van der Waals surface area contributed by atoms with E-state index < -0.39 is 0 Å². The number of carbonyl (C=O) groups is 1. The third-order valence-corrected chi connectivity index (χ3v) is 1.90. The Balaban J connectivity index is 3.33. The summed E-state index contributed by atoms with van der Waals surface area (Å²) in [6.45, 7) is 4.47. The molecular formula is C13H22O2. The van der Waals surface area contributed by atoms with Gasteiger partial charge in [-0.3, -0.25) is 4.79 Å². The van der Waals surface area contributed by atoms with Gasteiger partial charge in [-0.05, 0) is 26.2 Å². The van der Waals surface area contributed by atoms with Crippen LogP contribution in [0.1, 0.15) is 46.0 Å². The summed E-state index contributed by atoms with van der Waals surface area (Å²) in [5.41, 5.74) is 0. The van der Waals surface area contributed by atoms with E-state index in [9.17, 15) is 4.79 Å². The Kier molecular flexibility index (Phi) is 10.3. The van der Waals surface area contributed by atoms with E-state index in [-0.39, 0.29) is 5.97 Å². The van der Waals surface area contributed by atoms with Crippen LogP contribution in [0.2, 0.25) is 0 Å². The average molecular weight is 210 g/mol. The van der Waals surface area contributed by atoms with Crippen LogP contribution in [0.25, 0.3) is 0 Å². The maximum absolute atomic E-state index is 11.0. The molecule has 0 aromatic rings. The van der Waals surface area contributed by atoms with Crippen molar-refractivity contribution in [1.29, 1.82) is 0 Å². The van der Waals surface area contributed by atoms with E-state index in [1.165, 1.54) is 6.42 Å². The Morgan fingerprint density at radius 3 is 2.40 bits per heavy atom. The highest BCUT2D eigenvalue weighted by Crippen LogP contribution is 1.99. The first-order valence-electron chi connectivity index (χ1n) is 5.78. The zero-order valence-electron chi connectivity index (χ0n) is 9.87. The van der Waals surface area contributed by atoms with Crippen molar-refractivity contribution >= 4 is 5.97 Å². The molecule has 0 unspecified atom stereocenters. The smallest absolute Gasteiger partial charge is 0.305 e. The molecule has 0 aromatic heterocycles. The fourth-order valence-corrected chi connectivity index (χ4v) is 1.11. The molecule has 0 saturated carbocycles. The summed E-state index contributed by atoms with van der Waals surface area (Å²) in [4.78, 5) is 11.0. The van der Waals surface area contributed by atoms with Crippen molar-refractivity contribution in [3.05, 3.63) is 24.3 Å². The Bertz CT molecular complexity index is 205. The van der Waals surface area contributed by atoms with Crippen LogP contribution in [-0.2, 0) is 9.53 Å². The number of hydrogen-bond acceptors (Lipinski definition) is 2. The van der Waals surface area contributed by atoms with Crippen LogP contribution < -0.4 is 0 Å². The molecule has 2 heteroatoms. The van der Waals surface area contributed by atoms with Crippen LogP contribution in [0.15, 0.2) is 24.3 Å². The van der Waals surface area contributed by atoms with Gasteiger partial charge in [0, 0.05) is 6.42 Å². The van der Waals surface area contributed by atoms with Crippen molar-refractivity contribution in [2.45, 2.75) is 46.0 Å². The lowest BCUT2D eigenvalue weighted by Crippen LogP contribution is -2.02. The summed E-state index contributed by atoms with van der Waals surface area (Å²) in [5.74, 6) is -0.0903. The van der Waals surface area contributed by atoms with Gasteiger partial charge in [0.05, 0.1) is 6.61 Å². The molecule has 0 aromatic carbocycles. The second-order valence-corrected chi connectivity index (χ2v) is 3.34. The second-order valence-electron chi connectivity index (χ2n) is 3.34. The molecule has 0 aliphatic rings. The number of hydrogen-bond donors (Lipinski definition) is 0. The molecule has 0 heterocycles. The van der Waals surface area contributed by atoms with Crippen molar-refractivity contribution in [2.24, 2.45) is 0 Å². The Morgan fingerprint density at radius 1 is 1.13 bits per heavy atom. The van der Waals surface area contributed by atoms with Gasteiger partial charge in [0.25, 0.3) is 0 Å². The minimum absolute atomic E-state index is 0.0903. The van der Waals surface area contributed by atoms with Crippen molar-refractivity contribution in [3.8, 4) is 0 Å². The lowest BCUT2D eigenvalue weighted by atomic mass is 10.2. The van der Waals surface area contributed by atoms with Crippen molar-refractivity contribution in [1.82, 2.24) is 0 Å². The third kappa shape index (κ3) is 10.9. The zero-order valence-corrected chi connectivity index (χ0v) is 9.87. The SMILES string of the molecule is CCC/C=C/C=C/CCCC(=O)OCC. The van der Waals surface area contributed by atoms with Gasteiger partial charge in [-0.1, -0.05) is 37.6 Å². The number of ether oxygens (including phenoxy) is 1. The Hall–Kier alpha value is -1.05. The lowest BCUT2D eigenvalue weighted by molar-refractivity contribution is -0.143. The summed E-state index contributed by atoms with van der Waals surface area (Å²) in [6, 6.07) is 0. The number of carbonyl (C=O) groups excluding carboxylic acids is 1. The molecule has 0 fully saturated rings. The maximum atomic E-state index is 11.0. The fraction of sp³-hybridized carbons (Fsp3) is 0.615. The predicted molar refractivity (Wildman–Crippen MR) is 63.7 cm³/mol. The molecule has 0 radical (unpaired) electrons. The van der Waals surface area contributed by atoms with Gasteiger partial charge in [-0.15, -0.1) is 0 Å². The number of allylic oxidation sites excluding steroid dienone is 4. The molecule has 0 aliphatic carbocycles. The topological polar surface area (TPSA) is 26.3 Å². The molecule has 2 nitrogen and oxygen atoms in total. The largest absolute Gasteiger partial charge is 0.466 e. The van der Waals surface area contributed by atoms with Crippen LogP contribution in [-0.4, -0.2) is 12.6 Å². The van der Waals surface area contributed by atoms with Gasteiger partial charge >= 0.3 is 5.97 Å². The molecule has 0 aliphatic heterocycles. The van der Waals surface area contributed by atoms with E-state index in [1.54, 1.807) is 0 Å². The van der Waals surface area contributed by atoms with Crippen LogP contribution >= 0.6 is 0 Å². The predicted octanol–water partition coefficient (Wildman–Crippen LogP) is 3.63. The number of esters is 1. The molecule has 0 spiro atoms. The van der Waals surface area contributed by atoms with Crippen LogP contribution in [0.3, 0.4) is 0 Å². The lowest BCUT2D eigenvalue weighted by Gasteiger charge is -1.98. The molecule has 86 valence electrons. The monoisotopic (exact) mass is 210 g/mol. The summed E-state index contributed by atoms with van der Waals surface area (Å²) in [6.07, 6.45) is 13.0. The van der Waals surface area contributed by atoms with E-state index >= 15 is 0 Å². The number of rotatable bonds is 8. The molecule has 0 saturated heterocycles. The highest BCUT2D eigenvalue weighted by molar-refractivity contribution is 5.69. The van der Waals surface area contributed by atoms with Crippen LogP contribution in [0.4, 0.5) is 0 Å². The van der Waals surface area contributed by atoms with Gasteiger partial charge in [0.15, 0.2) is 0 Å². The van der Waals surface area contributed by atoms with Gasteiger partial charge in [-0.2, -0.15) is 0 Å². The van der Waals surface area contributed by atoms with Crippen molar-refractivity contribution < 1.29 is 9.53 Å².